The molecule has 0 atom stereocenters. The van der Waals surface area contributed by atoms with Crippen molar-refractivity contribution < 1.29 is 30.0 Å². The summed E-state index contributed by atoms with van der Waals surface area (Å²) in [5.74, 6) is -0.899. The zero-order valence-electron chi connectivity index (χ0n) is 16.5. The first kappa shape index (κ1) is 24.6. The maximum Gasteiger partial charge on any atom is 0.249 e. The first-order valence-corrected chi connectivity index (χ1v) is 8.44. The average molecular weight is 375 g/mol. The Morgan fingerprint density at radius 2 is 1.19 bits per heavy atom. The molecule has 0 aromatic rings. The van der Waals surface area contributed by atoms with E-state index in [-0.39, 0.29) is 25.4 Å². The number of aliphatic hydroxyl groups excluding tert-OH is 4. The molecule has 9 nitrogen and oxygen atoms in total. The number of ketones is 1. The maximum absolute atomic E-state index is 12.5. The first-order valence-electron chi connectivity index (χ1n) is 8.44. The molecule has 0 aliphatic rings. The number of Topliss-reactive ketones (excluding diaryl/α,β-unsaturated/α-hetero) is 1. The van der Waals surface area contributed by atoms with Crippen LogP contribution in [0.1, 0.15) is 48.0 Å². The second-order valence-corrected chi connectivity index (χ2v) is 8.38. The molecular weight excluding hydrogens is 342 g/mol. The van der Waals surface area contributed by atoms with E-state index >= 15 is 0 Å². The number of nitrogens with zero attached hydrogens (tertiary/aromatic N) is 2. The van der Waals surface area contributed by atoms with Crippen molar-refractivity contribution in [1.29, 1.82) is 0 Å². The van der Waals surface area contributed by atoms with Crippen LogP contribution in [0.2, 0.25) is 0 Å². The standard InChI is InChI=1S/C17H33N3O6/c1-14(2,12(25)7-16(5,8-21)9-22)19-20-15(3,4)13(26)18-17(6,10-23)11-24/h21-24H,7-11H2,1-6H3,(H,18,26). The molecule has 0 saturated heterocycles. The highest BCUT2D eigenvalue weighted by Crippen LogP contribution is 2.26. The molecule has 0 fully saturated rings. The van der Waals surface area contributed by atoms with Crippen molar-refractivity contribution in [3.05, 3.63) is 0 Å². The van der Waals surface area contributed by atoms with Gasteiger partial charge in [0.2, 0.25) is 5.91 Å². The van der Waals surface area contributed by atoms with Crippen LogP contribution in [-0.4, -0.2) is 75.2 Å². The molecule has 26 heavy (non-hydrogen) atoms. The van der Waals surface area contributed by atoms with Gasteiger partial charge < -0.3 is 25.7 Å². The predicted molar refractivity (Wildman–Crippen MR) is 95.6 cm³/mol. The van der Waals surface area contributed by atoms with E-state index in [4.69, 9.17) is 0 Å². The minimum absolute atomic E-state index is 0.0915. The summed E-state index contributed by atoms with van der Waals surface area (Å²) < 4.78 is 0. The van der Waals surface area contributed by atoms with Gasteiger partial charge in [-0.25, -0.2) is 0 Å². The summed E-state index contributed by atoms with van der Waals surface area (Å²) in [5, 5.41) is 47.7. The van der Waals surface area contributed by atoms with Crippen LogP contribution in [0.3, 0.4) is 0 Å². The average Bonchev–Trinajstić information content (AvgIpc) is 2.59. The van der Waals surface area contributed by atoms with Crippen LogP contribution in [-0.2, 0) is 9.59 Å². The van der Waals surface area contributed by atoms with Crippen LogP contribution in [0, 0.1) is 5.41 Å². The lowest BCUT2D eigenvalue weighted by molar-refractivity contribution is -0.129. The third kappa shape index (κ3) is 6.71. The number of nitrogens with one attached hydrogen (secondary N) is 1. The van der Waals surface area contributed by atoms with Crippen molar-refractivity contribution in [2.45, 2.75) is 64.6 Å². The van der Waals surface area contributed by atoms with Crippen LogP contribution in [0.25, 0.3) is 0 Å². The summed E-state index contributed by atoms with van der Waals surface area (Å²) in [5.41, 5.74) is -4.74. The van der Waals surface area contributed by atoms with E-state index in [1.165, 1.54) is 34.6 Å². The molecule has 0 spiro atoms. The molecule has 0 aromatic heterocycles. The van der Waals surface area contributed by atoms with Crippen molar-refractivity contribution in [3.8, 4) is 0 Å². The van der Waals surface area contributed by atoms with Gasteiger partial charge in [0.25, 0.3) is 0 Å². The number of hydrogen-bond acceptors (Lipinski definition) is 8. The Labute approximate surface area is 154 Å². The molecule has 5 N–H and O–H groups in total. The third-order valence-electron chi connectivity index (χ3n) is 4.25. The summed E-state index contributed by atoms with van der Waals surface area (Å²) >= 11 is 0. The van der Waals surface area contributed by atoms with Gasteiger partial charge in [0.1, 0.15) is 5.54 Å². The summed E-state index contributed by atoms with van der Waals surface area (Å²) in [7, 11) is 0. The number of hydrogen-bond donors (Lipinski definition) is 5. The number of carbonyl (C=O) groups is 2. The van der Waals surface area contributed by atoms with E-state index in [1.54, 1.807) is 6.92 Å². The molecule has 0 radical (unpaired) electrons. The molecule has 0 unspecified atom stereocenters. The fourth-order valence-electron chi connectivity index (χ4n) is 1.67. The molecule has 0 aromatic carbocycles. The Morgan fingerprint density at radius 1 is 0.769 bits per heavy atom. The molecule has 0 saturated carbocycles. The zero-order chi connectivity index (χ0) is 20.8. The van der Waals surface area contributed by atoms with Gasteiger partial charge in [0.15, 0.2) is 11.3 Å². The molecule has 0 bridgehead atoms. The van der Waals surface area contributed by atoms with E-state index in [0.29, 0.717) is 0 Å². The fraction of sp³-hybridized carbons (Fsp3) is 0.882. The SMILES string of the molecule is CC(CO)(CO)CC(=O)C(C)(C)N=NC(C)(C)C(=O)NC(C)(CO)CO. The summed E-state index contributed by atoms with van der Waals surface area (Å²) in [6.45, 7) is 7.52. The quantitative estimate of drug-likeness (QED) is 0.316. The Morgan fingerprint density at radius 3 is 1.58 bits per heavy atom. The first-order chi connectivity index (χ1) is 11.7. The van der Waals surface area contributed by atoms with Crippen LogP contribution in [0.4, 0.5) is 0 Å². The van der Waals surface area contributed by atoms with Gasteiger partial charge in [0, 0.05) is 11.8 Å². The number of aliphatic hydroxyl groups is 4. The minimum Gasteiger partial charge on any atom is -0.396 e. The second-order valence-electron chi connectivity index (χ2n) is 8.38. The fourth-order valence-corrected chi connectivity index (χ4v) is 1.67. The van der Waals surface area contributed by atoms with Gasteiger partial charge in [-0.05, 0) is 34.6 Å². The monoisotopic (exact) mass is 375 g/mol. The molecular formula is C17H33N3O6. The topological polar surface area (TPSA) is 152 Å². The van der Waals surface area contributed by atoms with Crippen molar-refractivity contribution in [2.24, 2.45) is 15.6 Å². The lowest BCUT2D eigenvalue weighted by Crippen LogP contribution is -2.56. The van der Waals surface area contributed by atoms with Crippen LogP contribution >= 0.6 is 0 Å². The number of carbonyl (C=O) groups excluding carboxylic acids is 2. The largest absolute Gasteiger partial charge is 0.396 e. The Kier molecular flexibility index (Phi) is 8.49. The van der Waals surface area contributed by atoms with Gasteiger partial charge in [-0.2, -0.15) is 10.2 Å². The van der Waals surface area contributed by atoms with Gasteiger partial charge in [-0.3, -0.25) is 9.59 Å². The van der Waals surface area contributed by atoms with Crippen molar-refractivity contribution in [3.63, 3.8) is 0 Å². The molecule has 0 aliphatic heterocycles. The maximum atomic E-state index is 12.5. The number of azo groups is 1. The van der Waals surface area contributed by atoms with Gasteiger partial charge in [-0.15, -0.1) is 0 Å². The van der Waals surface area contributed by atoms with Gasteiger partial charge in [-0.1, -0.05) is 6.92 Å². The summed E-state index contributed by atoms with van der Waals surface area (Å²) in [6.07, 6.45) is -0.0915. The van der Waals surface area contributed by atoms with Crippen molar-refractivity contribution >= 4 is 11.7 Å². The van der Waals surface area contributed by atoms with Gasteiger partial charge in [0.05, 0.1) is 32.0 Å². The van der Waals surface area contributed by atoms with Crippen molar-refractivity contribution in [2.75, 3.05) is 26.4 Å². The second kappa shape index (κ2) is 8.98. The van der Waals surface area contributed by atoms with Crippen LogP contribution in [0.15, 0.2) is 10.2 Å². The van der Waals surface area contributed by atoms with E-state index in [0.717, 1.165) is 0 Å². The predicted octanol–water partition coefficient (Wildman–Crippen LogP) is -0.195. The summed E-state index contributed by atoms with van der Waals surface area (Å²) in [6, 6.07) is 0. The normalized spacial score (nSPS) is 13.9. The number of rotatable bonds is 11. The van der Waals surface area contributed by atoms with Crippen molar-refractivity contribution in [1.82, 2.24) is 5.32 Å². The summed E-state index contributed by atoms with van der Waals surface area (Å²) in [4.78, 5) is 24.8. The lowest BCUT2D eigenvalue weighted by atomic mass is 9.82. The highest BCUT2D eigenvalue weighted by molar-refractivity contribution is 5.88. The third-order valence-corrected chi connectivity index (χ3v) is 4.25. The Balaban J connectivity index is 5.24. The highest BCUT2D eigenvalue weighted by Gasteiger charge is 2.37. The molecule has 9 heteroatoms. The lowest BCUT2D eigenvalue weighted by Gasteiger charge is -2.30. The smallest absolute Gasteiger partial charge is 0.249 e. The van der Waals surface area contributed by atoms with Crippen LogP contribution in [0.5, 0.6) is 0 Å². The van der Waals surface area contributed by atoms with E-state index in [9.17, 15) is 30.0 Å². The van der Waals surface area contributed by atoms with E-state index in [1.807, 2.05) is 0 Å². The molecule has 152 valence electrons. The number of amides is 1. The zero-order valence-corrected chi connectivity index (χ0v) is 16.5. The van der Waals surface area contributed by atoms with E-state index < -0.39 is 41.2 Å². The molecule has 0 rings (SSSR count). The molecule has 0 heterocycles. The minimum atomic E-state index is -1.33. The molecule has 0 aliphatic carbocycles. The molecule has 1 amide bonds. The van der Waals surface area contributed by atoms with Gasteiger partial charge >= 0.3 is 0 Å². The Hall–Kier alpha value is -1.42. The van der Waals surface area contributed by atoms with Crippen LogP contribution < -0.4 is 5.32 Å². The van der Waals surface area contributed by atoms with E-state index in [2.05, 4.69) is 15.5 Å². The highest BCUT2D eigenvalue weighted by atomic mass is 16.3. The Bertz CT molecular complexity index is 477.